The molecule has 0 bridgehead atoms. The average Bonchev–Trinajstić information content (AvgIpc) is 2.57. The molecular weight excluding hydrogens is 178 g/mol. The second-order valence-corrected chi connectivity index (χ2v) is 4.58. The fraction of sp³-hybridized carbons (Fsp3) is 0.818. The average molecular weight is 193 g/mol. The Morgan fingerprint density at radius 2 is 2.07 bits per heavy atom. The van der Waals surface area contributed by atoms with Crippen LogP contribution in [-0.4, -0.2) is 11.1 Å². The highest BCUT2D eigenvalue weighted by molar-refractivity contribution is 5.79. The Labute approximate surface area is 83.7 Å². The van der Waals surface area contributed by atoms with Crippen molar-refractivity contribution in [2.24, 2.45) is 17.3 Å². The summed E-state index contributed by atoms with van der Waals surface area (Å²) in [6.45, 7) is 0. The first-order chi connectivity index (χ1) is 6.70. The minimum atomic E-state index is -1.05. The highest BCUT2D eigenvalue weighted by Crippen LogP contribution is 2.53. The third kappa shape index (κ3) is 1.13. The minimum Gasteiger partial charge on any atom is -0.480 e. The molecule has 0 spiro atoms. The molecule has 0 aliphatic heterocycles. The smallest absolute Gasteiger partial charge is 0.324 e. The van der Waals surface area contributed by atoms with E-state index in [1.807, 2.05) is 0 Å². The molecule has 3 unspecified atom stereocenters. The predicted molar refractivity (Wildman–Crippen MR) is 50.4 cm³/mol. The maximum atomic E-state index is 11.2. The van der Waals surface area contributed by atoms with E-state index in [2.05, 4.69) is 6.07 Å². The predicted octanol–water partition coefficient (Wildman–Crippen LogP) is 2.18. The lowest BCUT2D eigenvalue weighted by molar-refractivity contribution is -0.148. The lowest BCUT2D eigenvalue weighted by Crippen LogP contribution is -2.36. The fourth-order valence-corrected chi connectivity index (χ4v) is 3.25. The summed E-state index contributed by atoms with van der Waals surface area (Å²) < 4.78 is 0. The van der Waals surface area contributed by atoms with Crippen LogP contribution in [0.4, 0.5) is 0 Å². The van der Waals surface area contributed by atoms with Crippen LogP contribution in [-0.2, 0) is 4.79 Å². The van der Waals surface area contributed by atoms with E-state index in [9.17, 15) is 9.90 Å². The first-order valence-electron chi connectivity index (χ1n) is 5.35. The third-order valence-electron chi connectivity index (χ3n) is 4.03. The van der Waals surface area contributed by atoms with Gasteiger partial charge in [0.2, 0.25) is 0 Å². The summed E-state index contributed by atoms with van der Waals surface area (Å²) in [5.74, 6) is -0.271. The summed E-state index contributed by atoms with van der Waals surface area (Å²) in [4.78, 5) is 11.2. The molecule has 1 N–H and O–H groups in total. The van der Waals surface area contributed by atoms with Gasteiger partial charge in [-0.15, -0.1) is 0 Å². The van der Waals surface area contributed by atoms with E-state index in [-0.39, 0.29) is 5.92 Å². The van der Waals surface area contributed by atoms with Crippen molar-refractivity contribution < 1.29 is 9.90 Å². The lowest BCUT2D eigenvalue weighted by Gasteiger charge is -2.31. The minimum absolute atomic E-state index is 0.124. The van der Waals surface area contributed by atoms with Crippen molar-refractivity contribution in [1.82, 2.24) is 0 Å². The van der Waals surface area contributed by atoms with Crippen LogP contribution in [0, 0.1) is 28.6 Å². The van der Waals surface area contributed by atoms with Crippen LogP contribution in [0.1, 0.15) is 38.5 Å². The highest BCUT2D eigenvalue weighted by atomic mass is 16.4. The SMILES string of the molecule is N#CC1(C(=O)O)CCC2CCCCC21. The van der Waals surface area contributed by atoms with Crippen molar-refractivity contribution in [3.8, 4) is 6.07 Å². The van der Waals surface area contributed by atoms with Crippen LogP contribution < -0.4 is 0 Å². The third-order valence-corrected chi connectivity index (χ3v) is 4.03. The lowest BCUT2D eigenvalue weighted by atomic mass is 9.70. The second kappa shape index (κ2) is 3.27. The molecule has 0 radical (unpaired) electrons. The van der Waals surface area contributed by atoms with E-state index in [1.165, 1.54) is 6.42 Å². The molecule has 0 amide bonds. The molecule has 0 aromatic carbocycles. The molecular formula is C11H15NO2. The fourth-order valence-electron chi connectivity index (χ4n) is 3.25. The molecule has 3 atom stereocenters. The molecule has 0 saturated heterocycles. The van der Waals surface area contributed by atoms with Crippen molar-refractivity contribution in [1.29, 1.82) is 5.26 Å². The zero-order valence-corrected chi connectivity index (χ0v) is 8.20. The molecule has 14 heavy (non-hydrogen) atoms. The van der Waals surface area contributed by atoms with Gasteiger partial charge in [-0.05, 0) is 31.1 Å². The van der Waals surface area contributed by atoms with Gasteiger partial charge in [0.15, 0.2) is 5.41 Å². The number of aliphatic carboxylic acids is 1. The van der Waals surface area contributed by atoms with Crippen molar-refractivity contribution >= 4 is 5.97 Å². The van der Waals surface area contributed by atoms with Gasteiger partial charge >= 0.3 is 5.97 Å². The van der Waals surface area contributed by atoms with E-state index in [4.69, 9.17) is 5.26 Å². The van der Waals surface area contributed by atoms with E-state index in [0.717, 1.165) is 25.7 Å². The van der Waals surface area contributed by atoms with Gasteiger partial charge in [0, 0.05) is 0 Å². The molecule has 2 rings (SSSR count). The zero-order valence-electron chi connectivity index (χ0n) is 8.20. The monoisotopic (exact) mass is 193 g/mol. The van der Waals surface area contributed by atoms with Gasteiger partial charge in [-0.1, -0.05) is 19.3 Å². The summed E-state index contributed by atoms with van der Waals surface area (Å²) in [7, 11) is 0. The molecule has 2 fully saturated rings. The quantitative estimate of drug-likeness (QED) is 0.694. The first kappa shape index (κ1) is 9.51. The van der Waals surface area contributed by atoms with E-state index in [1.54, 1.807) is 0 Å². The Balaban J connectivity index is 2.28. The summed E-state index contributed by atoms with van der Waals surface area (Å²) in [6, 6.07) is 2.08. The van der Waals surface area contributed by atoms with Crippen LogP contribution in [0.3, 0.4) is 0 Å². The molecule has 76 valence electrons. The van der Waals surface area contributed by atoms with Crippen LogP contribution >= 0.6 is 0 Å². The van der Waals surface area contributed by atoms with Gasteiger partial charge in [-0.25, -0.2) is 0 Å². The standard InChI is InChI=1S/C11H15NO2/c12-7-11(10(13)14)6-5-8-3-1-2-4-9(8)11/h8-9H,1-6H2,(H,13,14). The Hall–Kier alpha value is -1.04. The van der Waals surface area contributed by atoms with Gasteiger partial charge in [0.25, 0.3) is 0 Å². The van der Waals surface area contributed by atoms with Gasteiger partial charge in [-0.2, -0.15) is 5.26 Å². The molecule has 0 aromatic heterocycles. The topological polar surface area (TPSA) is 61.1 Å². The van der Waals surface area contributed by atoms with E-state index in [0.29, 0.717) is 12.3 Å². The number of hydrogen-bond acceptors (Lipinski definition) is 2. The van der Waals surface area contributed by atoms with Crippen LogP contribution in [0.15, 0.2) is 0 Å². The number of rotatable bonds is 1. The van der Waals surface area contributed by atoms with Crippen molar-refractivity contribution in [2.75, 3.05) is 0 Å². The molecule has 3 nitrogen and oxygen atoms in total. The number of carboxylic acids is 1. The summed E-state index contributed by atoms with van der Waals surface area (Å²) in [5.41, 5.74) is -1.05. The number of carbonyl (C=O) groups is 1. The summed E-state index contributed by atoms with van der Waals surface area (Å²) in [5, 5.41) is 18.3. The Bertz CT molecular complexity index is 294. The number of nitrogens with zero attached hydrogens (tertiary/aromatic N) is 1. The van der Waals surface area contributed by atoms with Gasteiger partial charge < -0.3 is 5.11 Å². The normalized spacial score (nSPS) is 41.4. The maximum absolute atomic E-state index is 11.2. The molecule has 0 aromatic rings. The van der Waals surface area contributed by atoms with E-state index >= 15 is 0 Å². The number of carboxylic acid groups (broad SMARTS) is 1. The van der Waals surface area contributed by atoms with Gasteiger partial charge in [0.1, 0.15) is 0 Å². The zero-order chi connectivity index (χ0) is 10.2. The molecule has 2 aliphatic rings. The highest BCUT2D eigenvalue weighted by Gasteiger charge is 2.54. The first-order valence-corrected chi connectivity index (χ1v) is 5.35. The Morgan fingerprint density at radius 1 is 1.36 bits per heavy atom. The van der Waals surface area contributed by atoms with Crippen molar-refractivity contribution in [2.45, 2.75) is 38.5 Å². The molecule has 0 heterocycles. The van der Waals surface area contributed by atoms with Crippen molar-refractivity contribution in [3.05, 3.63) is 0 Å². The summed E-state index contributed by atoms with van der Waals surface area (Å²) in [6.07, 6.45) is 5.87. The number of fused-ring (bicyclic) bond motifs is 1. The largest absolute Gasteiger partial charge is 0.480 e. The molecule has 3 heteroatoms. The maximum Gasteiger partial charge on any atom is 0.324 e. The van der Waals surface area contributed by atoms with E-state index < -0.39 is 11.4 Å². The Morgan fingerprint density at radius 3 is 2.71 bits per heavy atom. The van der Waals surface area contributed by atoms with Crippen LogP contribution in [0.2, 0.25) is 0 Å². The summed E-state index contributed by atoms with van der Waals surface area (Å²) >= 11 is 0. The number of nitriles is 1. The molecule has 2 saturated carbocycles. The Kier molecular flexibility index (Phi) is 2.22. The van der Waals surface area contributed by atoms with Crippen LogP contribution in [0.5, 0.6) is 0 Å². The molecule has 2 aliphatic carbocycles. The van der Waals surface area contributed by atoms with Gasteiger partial charge in [0.05, 0.1) is 6.07 Å². The number of hydrogen-bond donors (Lipinski definition) is 1. The van der Waals surface area contributed by atoms with Crippen molar-refractivity contribution in [3.63, 3.8) is 0 Å². The van der Waals surface area contributed by atoms with Crippen LogP contribution in [0.25, 0.3) is 0 Å². The second-order valence-electron chi connectivity index (χ2n) is 4.58. The van der Waals surface area contributed by atoms with Gasteiger partial charge in [-0.3, -0.25) is 4.79 Å².